The van der Waals surface area contributed by atoms with Crippen molar-refractivity contribution in [3.8, 4) is 5.88 Å². The van der Waals surface area contributed by atoms with Crippen molar-refractivity contribution < 1.29 is 18.4 Å². The molecule has 0 saturated heterocycles. The maximum atomic E-state index is 13.2. The number of nitrogen functional groups attached to an aromatic ring is 1. The van der Waals surface area contributed by atoms with E-state index in [1.165, 1.54) is 4.57 Å². The number of nitrogens with zero attached hydrogens (tertiary/aromatic N) is 2. The predicted molar refractivity (Wildman–Crippen MR) is 132 cm³/mol. The molecule has 3 heterocycles. The van der Waals surface area contributed by atoms with Gasteiger partial charge in [-0.3, -0.25) is 0 Å². The highest BCUT2D eigenvalue weighted by Crippen LogP contribution is 2.39. The van der Waals surface area contributed by atoms with Gasteiger partial charge < -0.3 is 19.3 Å². The summed E-state index contributed by atoms with van der Waals surface area (Å²) in [7, 11) is 0. The quantitative estimate of drug-likeness (QED) is 0.365. The van der Waals surface area contributed by atoms with Crippen LogP contribution in [-0.4, -0.2) is 22.1 Å². The Balaban J connectivity index is 1.91. The Labute approximate surface area is 209 Å². The van der Waals surface area contributed by atoms with Crippen LogP contribution < -0.4 is 22.3 Å². The third kappa shape index (κ3) is 3.82. The van der Waals surface area contributed by atoms with Gasteiger partial charge in [0.05, 0.1) is 12.5 Å². The lowest BCUT2D eigenvalue weighted by Gasteiger charge is -2.22. The average molecular weight is 587 g/mol. The van der Waals surface area contributed by atoms with Crippen molar-refractivity contribution in [2.45, 2.75) is 12.8 Å². The number of oxazole rings is 2. The van der Waals surface area contributed by atoms with Gasteiger partial charge in [0.2, 0.25) is 11.4 Å². The Morgan fingerprint density at radius 2 is 1.91 bits per heavy atom. The average Bonchev–Trinajstić information content (AvgIpc) is 3.32. The van der Waals surface area contributed by atoms with Crippen molar-refractivity contribution in [2.75, 3.05) is 12.3 Å². The van der Waals surface area contributed by atoms with Crippen molar-refractivity contribution in [3.63, 3.8) is 0 Å². The Bertz CT molecular complexity index is 1620. The number of carbonyl (C=O) groups is 1. The molecule has 34 heavy (non-hydrogen) atoms. The van der Waals surface area contributed by atoms with E-state index in [2.05, 4.69) is 36.8 Å². The molecule has 10 heteroatoms. The SMILES string of the molecule is CCOC(=O)C1=c2oc(=O)/c(=C\c3cccc(Br)c3)n2-c2oc(N)nc2[C@@H]1c1cccc(Br)c1. The van der Waals surface area contributed by atoms with Crippen molar-refractivity contribution in [1.29, 1.82) is 0 Å². The number of fused-ring (bicyclic) bond motifs is 3. The zero-order valence-corrected chi connectivity index (χ0v) is 20.9. The first kappa shape index (κ1) is 22.4. The van der Waals surface area contributed by atoms with E-state index < -0.39 is 17.5 Å². The van der Waals surface area contributed by atoms with E-state index in [1.807, 2.05) is 48.5 Å². The van der Waals surface area contributed by atoms with E-state index in [-0.39, 0.29) is 35.0 Å². The van der Waals surface area contributed by atoms with Crippen LogP contribution in [0.5, 0.6) is 0 Å². The van der Waals surface area contributed by atoms with Gasteiger partial charge in [-0.05, 0) is 48.4 Å². The molecule has 2 aromatic carbocycles. The van der Waals surface area contributed by atoms with Gasteiger partial charge in [-0.2, -0.15) is 4.98 Å². The zero-order chi connectivity index (χ0) is 24.0. The van der Waals surface area contributed by atoms with Gasteiger partial charge in [0.15, 0.2) is 0 Å². The Morgan fingerprint density at radius 3 is 2.62 bits per heavy atom. The second-order valence-electron chi connectivity index (χ2n) is 7.48. The number of rotatable bonds is 4. The molecule has 1 aliphatic heterocycles. The lowest BCUT2D eigenvalue weighted by Crippen LogP contribution is -2.37. The van der Waals surface area contributed by atoms with Crippen LogP contribution in [0, 0.1) is 0 Å². The number of nitrogens with two attached hydrogens (primary N) is 1. The smallest absolute Gasteiger partial charge is 0.362 e. The fourth-order valence-corrected chi connectivity index (χ4v) is 4.85. The Morgan fingerprint density at radius 1 is 1.18 bits per heavy atom. The van der Waals surface area contributed by atoms with Gasteiger partial charge in [-0.25, -0.2) is 14.2 Å². The molecule has 0 spiro atoms. The first-order valence-electron chi connectivity index (χ1n) is 10.3. The van der Waals surface area contributed by atoms with Crippen molar-refractivity contribution in [1.82, 2.24) is 9.55 Å². The summed E-state index contributed by atoms with van der Waals surface area (Å²) < 4.78 is 19.8. The largest absolute Gasteiger partial charge is 0.462 e. The number of carbonyl (C=O) groups excluding carboxylic acids is 1. The molecule has 0 aliphatic carbocycles. The van der Waals surface area contributed by atoms with Gasteiger partial charge in [-0.1, -0.05) is 56.1 Å². The van der Waals surface area contributed by atoms with E-state index in [9.17, 15) is 9.59 Å². The van der Waals surface area contributed by atoms with Gasteiger partial charge >= 0.3 is 11.6 Å². The van der Waals surface area contributed by atoms with E-state index in [1.54, 1.807) is 13.0 Å². The molecule has 2 aromatic heterocycles. The molecule has 8 nitrogen and oxygen atoms in total. The monoisotopic (exact) mass is 585 g/mol. The molecular weight excluding hydrogens is 570 g/mol. The van der Waals surface area contributed by atoms with E-state index >= 15 is 0 Å². The highest BCUT2D eigenvalue weighted by atomic mass is 79.9. The lowest BCUT2D eigenvalue weighted by molar-refractivity contribution is -0.136. The summed E-state index contributed by atoms with van der Waals surface area (Å²) in [6, 6.07) is 14.7. The Hall–Kier alpha value is -3.37. The minimum atomic E-state index is -0.725. The van der Waals surface area contributed by atoms with Crippen LogP contribution in [0.1, 0.15) is 29.7 Å². The molecule has 1 aliphatic rings. The number of esters is 1. The van der Waals surface area contributed by atoms with E-state index in [0.29, 0.717) is 5.69 Å². The number of halogens is 2. The number of ether oxygens (including phenoxy) is 1. The van der Waals surface area contributed by atoms with Crippen LogP contribution in [0.4, 0.5) is 6.01 Å². The van der Waals surface area contributed by atoms with Crippen LogP contribution in [0.3, 0.4) is 0 Å². The highest BCUT2D eigenvalue weighted by molar-refractivity contribution is 9.10. The minimum absolute atomic E-state index is 0.0123. The normalized spacial score (nSPS) is 15.2. The summed E-state index contributed by atoms with van der Waals surface area (Å²) in [4.78, 5) is 30.6. The topological polar surface area (TPSA) is 113 Å². The predicted octanol–water partition coefficient (Wildman–Crippen LogP) is 3.21. The molecule has 172 valence electrons. The molecule has 0 saturated carbocycles. The minimum Gasteiger partial charge on any atom is -0.462 e. The van der Waals surface area contributed by atoms with Crippen LogP contribution in [0.2, 0.25) is 0 Å². The number of hydrogen-bond donors (Lipinski definition) is 1. The third-order valence-corrected chi connectivity index (χ3v) is 6.31. The molecule has 0 radical (unpaired) electrons. The van der Waals surface area contributed by atoms with Gasteiger partial charge in [0.1, 0.15) is 16.6 Å². The second kappa shape index (κ2) is 8.77. The molecule has 2 N–H and O–H groups in total. The number of hydrogen-bond acceptors (Lipinski definition) is 7. The van der Waals surface area contributed by atoms with Crippen molar-refractivity contribution in [2.24, 2.45) is 0 Å². The standard InChI is InChI=1S/C24H17Br2N3O5/c1-2-32-23(31)18-17(13-6-4-8-15(26)11-13)19-21(34-24(27)28-19)29-16(22(30)33-20(18)29)10-12-5-3-7-14(25)9-12/h3-11,17H,2H2,1H3,(H2,27,28)/b16-10+/t17-/m1/s1. The van der Waals surface area contributed by atoms with Crippen molar-refractivity contribution in [3.05, 3.63) is 95.6 Å². The molecule has 5 rings (SSSR count). The number of aromatic nitrogens is 2. The van der Waals surface area contributed by atoms with E-state index in [0.717, 1.165) is 20.1 Å². The zero-order valence-electron chi connectivity index (χ0n) is 17.7. The molecule has 1 atom stereocenters. The first-order chi connectivity index (χ1) is 16.4. The van der Waals surface area contributed by atoms with E-state index in [4.69, 9.17) is 19.3 Å². The molecule has 0 bridgehead atoms. The van der Waals surface area contributed by atoms with Crippen LogP contribution in [0.25, 0.3) is 17.5 Å². The van der Waals surface area contributed by atoms with Crippen LogP contribution in [-0.2, 0) is 9.53 Å². The fourth-order valence-electron chi connectivity index (χ4n) is 4.01. The van der Waals surface area contributed by atoms with Crippen LogP contribution in [0.15, 0.2) is 71.1 Å². The molecule has 4 aromatic rings. The summed E-state index contributed by atoms with van der Waals surface area (Å²) in [5, 5.41) is 0.153. The fraction of sp³-hybridized carbons (Fsp3) is 0.125. The lowest BCUT2D eigenvalue weighted by atomic mass is 9.87. The first-order valence-corrected chi connectivity index (χ1v) is 11.9. The summed E-state index contributed by atoms with van der Waals surface area (Å²) in [6.45, 7) is 1.85. The second-order valence-corrected chi connectivity index (χ2v) is 9.31. The Kier molecular flexibility index (Phi) is 5.78. The number of anilines is 1. The summed E-state index contributed by atoms with van der Waals surface area (Å²) in [5.41, 5.74) is 7.28. The molecule has 0 fully saturated rings. The molecule has 0 unspecified atom stereocenters. The molecule has 0 amide bonds. The molecular formula is C24H17Br2N3O5. The summed E-state index contributed by atoms with van der Waals surface area (Å²) in [6.07, 6.45) is 1.64. The summed E-state index contributed by atoms with van der Waals surface area (Å²) >= 11 is 6.90. The maximum Gasteiger partial charge on any atom is 0.362 e. The van der Waals surface area contributed by atoms with Gasteiger partial charge in [0.25, 0.3) is 6.01 Å². The summed E-state index contributed by atoms with van der Waals surface area (Å²) in [5.74, 6) is -1.15. The van der Waals surface area contributed by atoms with Gasteiger partial charge in [-0.15, -0.1) is 0 Å². The van der Waals surface area contributed by atoms with Crippen molar-refractivity contribution >= 4 is 55.5 Å². The van der Waals surface area contributed by atoms with Crippen LogP contribution >= 0.6 is 31.9 Å². The third-order valence-electron chi connectivity index (χ3n) is 5.32. The highest BCUT2D eigenvalue weighted by Gasteiger charge is 2.39. The maximum absolute atomic E-state index is 13.2. The number of benzene rings is 2. The van der Waals surface area contributed by atoms with Gasteiger partial charge in [0, 0.05) is 8.95 Å².